The molecule has 1 fully saturated rings. The van der Waals surface area contributed by atoms with Gasteiger partial charge in [-0.3, -0.25) is 9.59 Å². The summed E-state index contributed by atoms with van der Waals surface area (Å²) in [6.07, 6.45) is 2.70. The molecule has 5 nitrogen and oxygen atoms in total. The Balaban J connectivity index is 1.84. The Kier molecular flexibility index (Phi) is 7.00. The van der Waals surface area contributed by atoms with Crippen LogP contribution in [0.1, 0.15) is 36.8 Å². The molecule has 1 aromatic carbocycles. The fourth-order valence-electron chi connectivity index (χ4n) is 2.77. The maximum Gasteiger partial charge on any atom is 0.304 e. The first kappa shape index (κ1) is 18.7. The first-order valence-corrected chi connectivity index (χ1v) is 10.3. The zero-order valence-electron chi connectivity index (χ0n) is 13.3. The standard InChI is InChI=1S/C17H20N2O3S2/c18-12-13-4-1-2-5-14(13)17(7-3-8-17)16(22)19-9-11-24-23-10-6-15(20)21/h1-2,4-5H,3,6-11H2,(H,19,22)(H,20,21). The zero-order valence-corrected chi connectivity index (χ0v) is 14.9. The van der Waals surface area contributed by atoms with Crippen molar-refractivity contribution in [3.05, 3.63) is 35.4 Å². The van der Waals surface area contributed by atoms with Crippen molar-refractivity contribution in [1.29, 1.82) is 5.26 Å². The third-order valence-electron chi connectivity index (χ3n) is 4.16. The summed E-state index contributed by atoms with van der Waals surface area (Å²) < 4.78 is 0. The molecule has 7 heteroatoms. The number of benzene rings is 1. The number of hydrogen-bond acceptors (Lipinski definition) is 5. The number of carboxylic acids is 1. The number of carbonyl (C=O) groups excluding carboxylic acids is 1. The van der Waals surface area contributed by atoms with Crippen molar-refractivity contribution in [3.8, 4) is 6.07 Å². The smallest absolute Gasteiger partial charge is 0.304 e. The van der Waals surface area contributed by atoms with E-state index in [1.807, 2.05) is 18.2 Å². The molecule has 1 aliphatic rings. The van der Waals surface area contributed by atoms with Crippen LogP contribution in [-0.4, -0.2) is 35.0 Å². The van der Waals surface area contributed by atoms with Crippen molar-refractivity contribution in [2.24, 2.45) is 0 Å². The fraction of sp³-hybridized carbons (Fsp3) is 0.471. The number of hydrogen-bond donors (Lipinski definition) is 2. The number of amides is 1. The predicted octanol–water partition coefficient (Wildman–Crippen LogP) is 2.95. The van der Waals surface area contributed by atoms with E-state index in [0.29, 0.717) is 17.9 Å². The van der Waals surface area contributed by atoms with Crippen LogP contribution in [0, 0.1) is 11.3 Å². The van der Waals surface area contributed by atoms with E-state index in [9.17, 15) is 14.9 Å². The molecule has 1 aromatic rings. The molecule has 1 aliphatic carbocycles. The van der Waals surface area contributed by atoms with Crippen LogP contribution < -0.4 is 5.32 Å². The van der Waals surface area contributed by atoms with Gasteiger partial charge in [0.1, 0.15) is 0 Å². The molecule has 0 atom stereocenters. The Morgan fingerprint density at radius 3 is 2.58 bits per heavy atom. The summed E-state index contributed by atoms with van der Waals surface area (Å²) in [5.41, 5.74) is 0.846. The first-order valence-electron chi connectivity index (χ1n) is 7.84. The largest absolute Gasteiger partial charge is 0.481 e. The third-order valence-corrected chi connectivity index (χ3v) is 6.57. The lowest BCUT2D eigenvalue weighted by Gasteiger charge is -2.41. The lowest BCUT2D eigenvalue weighted by molar-refractivity contribution is -0.136. The van der Waals surface area contributed by atoms with Gasteiger partial charge in [-0.25, -0.2) is 0 Å². The van der Waals surface area contributed by atoms with Gasteiger partial charge >= 0.3 is 5.97 Å². The first-order chi connectivity index (χ1) is 11.6. The molecule has 0 aliphatic heterocycles. The SMILES string of the molecule is N#Cc1ccccc1C1(C(=O)NCCSSCCC(=O)O)CCC1. The Bertz CT molecular complexity index is 639. The second-order valence-electron chi connectivity index (χ2n) is 5.64. The molecule has 0 bridgehead atoms. The molecule has 0 unspecified atom stereocenters. The minimum absolute atomic E-state index is 0.00686. The Hall–Kier alpha value is -1.65. The number of rotatable bonds is 9. The molecule has 1 saturated carbocycles. The number of nitrogens with one attached hydrogen (secondary N) is 1. The van der Waals surface area contributed by atoms with Crippen molar-refractivity contribution < 1.29 is 14.7 Å². The van der Waals surface area contributed by atoms with Crippen LogP contribution >= 0.6 is 21.6 Å². The van der Waals surface area contributed by atoms with Crippen LogP contribution in [0.15, 0.2) is 24.3 Å². The molecular weight excluding hydrogens is 344 g/mol. The van der Waals surface area contributed by atoms with Gasteiger partial charge in [-0.15, -0.1) is 0 Å². The van der Waals surface area contributed by atoms with Gasteiger partial charge in [-0.1, -0.05) is 46.2 Å². The van der Waals surface area contributed by atoms with Crippen molar-refractivity contribution in [3.63, 3.8) is 0 Å². The number of carboxylic acid groups (broad SMARTS) is 1. The second kappa shape index (κ2) is 9.00. The minimum atomic E-state index is -0.792. The highest BCUT2D eigenvalue weighted by molar-refractivity contribution is 8.76. The van der Waals surface area contributed by atoms with Gasteiger partial charge in [0.15, 0.2) is 0 Å². The number of nitrogens with zero attached hydrogens (tertiary/aromatic N) is 1. The molecule has 2 rings (SSSR count). The summed E-state index contributed by atoms with van der Waals surface area (Å²) in [5.74, 6) is 0.492. The van der Waals surface area contributed by atoms with Crippen LogP contribution in [0.5, 0.6) is 0 Å². The van der Waals surface area contributed by atoms with Crippen LogP contribution in [-0.2, 0) is 15.0 Å². The number of nitriles is 1. The Labute approximate surface area is 149 Å². The van der Waals surface area contributed by atoms with Gasteiger partial charge in [-0.2, -0.15) is 5.26 Å². The van der Waals surface area contributed by atoms with E-state index >= 15 is 0 Å². The van der Waals surface area contributed by atoms with Gasteiger partial charge < -0.3 is 10.4 Å². The zero-order chi connectivity index (χ0) is 17.4. The van der Waals surface area contributed by atoms with Crippen molar-refractivity contribution in [2.75, 3.05) is 18.1 Å². The van der Waals surface area contributed by atoms with Crippen LogP contribution in [0.25, 0.3) is 0 Å². The number of aliphatic carboxylic acids is 1. The third kappa shape index (κ3) is 4.46. The summed E-state index contributed by atoms with van der Waals surface area (Å²) in [6.45, 7) is 0.542. The predicted molar refractivity (Wildman–Crippen MR) is 96.9 cm³/mol. The molecule has 0 saturated heterocycles. The molecule has 1 amide bonds. The number of carbonyl (C=O) groups is 2. The van der Waals surface area contributed by atoms with E-state index < -0.39 is 11.4 Å². The van der Waals surface area contributed by atoms with Crippen molar-refractivity contribution in [2.45, 2.75) is 31.1 Å². The second-order valence-corrected chi connectivity index (χ2v) is 8.34. The Morgan fingerprint density at radius 2 is 1.96 bits per heavy atom. The molecular formula is C17H20N2O3S2. The summed E-state index contributed by atoms with van der Waals surface area (Å²) in [5, 5.41) is 20.8. The van der Waals surface area contributed by atoms with E-state index in [1.165, 1.54) is 10.8 Å². The van der Waals surface area contributed by atoms with Crippen molar-refractivity contribution in [1.82, 2.24) is 5.32 Å². The van der Waals surface area contributed by atoms with Gasteiger partial charge in [0.25, 0.3) is 0 Å². The van der Waals surface area contributed by atoms with E-state index in [0.717, 1.165) is 30.6 Å². The summed E-state index contributed by atoms with van der Waals surface area (Å²) in [6, 6.07) is 9.52. The molecule has 0 heterocycles. The van der Waals surface area contributed by atoms with Gasteiger partial charge in [0, 0.05) is 18.1 Å². The van der Waals surface area contributed by atoms with E-state index in [2.05, 4.69) is 11.4 Å². The maximum absolute atomic E-state index is 12.7. The minimum Gasteiger partial charge on any atom is -0.481 e. The van der Waals surface area contributed by atoms with Gasteiger partial charge in [-0.05, 0) is 24.5 Å². The van der Waals surface area contributed by atoms with Gasteiger partial charge in [0.05, 0.1) is 23.5 Å². The topological polar surface area (TPSA) is 90.2 Å². The Morgan fingerprint density at radius 1 is 1.25 bits per heavy atom. The van der Waals surface area contributed by atoms with Crippen LogP contribution in [0.3, 0.4) is 0 Å². The van der Waals surface area contributed by atoms with Crippen LogP contribution in [0.2, 0.25) is 0 Å². The normalized spacial score (nSPS) is 15.1. The molecule has 2 N–H and O–H groups in total. The van der Waals surface area contributed by atoms with Crippen LogP contribution in [0.4, 0.5) is 0 Å². The van der Waals surface area contributed by atoms with E-state index in [4.69, 9.17) is 5.11 Å². The summed E-state index contributed by atoms with van der Waals surface area (Å²) in [4.78, 5) is 23.1. The van der Waals surface area contributed by atoms with Crippen molar-refractivity contribution >= 4 is 33.5 Å². The maximum atomic E-state index is 12.7. The monoisotopic (exact) mass is 364 g/mol. The van der Waals surface area contributed by atoms with Gasteiger partial charge in [0.2, 0.25) is 5.91 Å². The molecule has 0 aromatic heterocycles. The fourth-order valence-corrected chi connectivity index (χ4v) is 4.66. The molecule has 0 spiro atoms. The quantitative estimate of drug-likeness (QED) is 0.517. The molecule has 128 valence electrons. The average Bonchev–Trinajstić information content (AvgIpc) is 2.53. The highest BCUT2D eigenvalue weighted by atomic mass is 33.1. The summed E-state index contributed by atoms with van der Waals surface area (Å²) in [7, 11) is 3.07. The summed E-state index contributed by atoms with van der Waals surface area (Å²) >= 11 is 0. The average molecular weight is 364 g/mol. The lowest BCUT2D eigenvalue weighted by Crippen LogP contribution is -2.50. The van der Waals surface area contributed by atoms with E-state index in [-0.39, 0.29) is 12.3 Å². The molecule has 24 heavy (non-hydrogen) atoms. The van der Waals surface area contributed by atoms with E-state index in [1.54, 1.807) is 16.9 Å². The highest BCUT2D eigenvalue weighted by Crippen LogP contribution is 2.45. The lowest BCUT2D eigenvalue weighted by atomic mass is 9.62. The highest BCUT2D eigenvalue weighted by Gasteiger charge is 2.46. The molecule has 0 radical (unpaired) electrons.